The summed E-state index contributed by atoms with van der Waals surface area (Å²) in [6.07, 6.45) is -0.0671. The molecule has 0 aliphatic carbocycles. The molecule has 2 heterocycles. The summed E-state index contributed by atoms with van der Waals surface area (Å²) in [5, 5.41) is 13.4. The molecular weight excluding hydrogens is 418 g/mol. The number of nitrogens with one attached hydrogen (secondary N) is 3. The lowest BCUT2D eigenvalue weighted by Gasteiger charge is -2.10. The van der Waals surface area contributed by atoms with Gasteiger partial charge in [-0.3, -0.25) is 14.4 Å². The molecule has 3 aromatic rings. The van der Waals surface area contributed by atoms with Crippen LogP contribution in [0.3, 0.4) is 0 Å². The fraction of sp³-hybridized carbons (Fsp3) is 0.182. The van der Waals surface area contributed by atoms with Gasteiger partial charge in [-0.15, -0.1) is 0 Å². The molecule has 31 heavy (non-hydrogen) atoms. The maximum absolute atomic E-state index is 12.6. The third kappa shape index (κ3) is 4.29. The summed E-state index contributed by atoms with van der Waals surface area (Å²) in [6.45, 7) is 3.27. The number of aromatic nitrogens is 2. The van der Waals surface area contributed by atoms with E-state index in [2.05, 4.69) is 21.0 Å². The highest BCUT2D eigenvalue weighted by molar-refractivity contribution is 6.30. The summed E-state index contributed by atoms with van der Waals surface area (Å²) in [5.41, 5.74) is 3.55. The highest BCUT2D eigenvalue weighted by Gasteiger charge is 2.36. The number of rotatable bonds is 5. The van der Waals surface area contributed by atoms with Crippen LogP contribution >= 0.6 is 11.6 Å². The van der Waals surface area contributed by atoms with Crippen LogP contribution in [0, 0.1) is 6.92 Å². The third-order valence-corrected chi connectivity index (χ3v) is 5.14. The summed E-state index contributed by atoms with van der Waals surface area (Å²) in [6, 6.07) is 13.3. The van der Waals surface area contributed by atoms with Crippen LogP contribution in [0.1, 0.15) is 25.1 Å². The molecule has 1 unspecified atom stereocenters. The normalized spacial score (nSPS) is 14.7. The summed E-state index contributed by atoms with van der Waals surface area (Å²) >= 11 is 6.11. The van der Waals surface area contributed by atoms with Crippen molar-refractivity contribution in [1.29, 1.82) is 0 Å². The van der Waals surface area contributed by atoms with Gasteiger partial charge >= 0.3 is 0 Å². The molecule has 8 nitrogen and oxygen atoms in total. The largest absolute Gasteiger partial charge is 0.326 e. The Bertz CT molecular complexity index is 1190. The van der Waals surface area contributed by atoms with Crippen molar-refractivity contribution in [3.05, 3.63) is 59.2 Å². The number of aryl methyl sites for hydroxylation is 1. The standard InChI is InChI=1S/C22H20ClN5O3/c1-12-20(14-4-3-5-15(23)10-14)21-26-22(31)18(28(21)27-12)11-19(30)25-17-8-6-16(7-9-17)24-13(2)29/h3-10,18H,11H2,1-2H3,(H,24,29)(H,25,30)(H,26,31). The van der Waals surface area contributed by atoms with Crippen LogP contribution < -0.4 is 16.0 Å². The molecule has 9 heteroatoms. The number of fused-ring (bicyclic) bond motifs is 1. The van der Waals surface area contributed by atoms with Gasteiger partial charge in [0, 0.05) is 28.9 Å². The summed E-state index contributed by atoms with van der Waals surface area (Å²) in [7, 11) is 0. The quantitative estimate of drug-likeness (QED) is 0.561. The van der Waals surface area contributed by atoms with Gasteiger partial charge in [-0.1, -0.05) is 23.7 Å². The van der Waals surface area contributed by atoms with E-state index in [-0.39, 0.29) is 24.1 Å². The maximum Gasteiger partial charge on any atom is 0.251 e. The number of anilines is 3. The molecule has 0 bridgehead atoms. The van der Waals surface area contributed by atoms with Crippen molar-refractivity contribution in [3.63, 3.8) is 0 Å². The van der Waals surface area contributed by atoms with Gasteiger partial charge in [0.1, 0.15) is 11.9 Å². The second-order valence-electron chi connectivity index (χ2n) is 7.28. The van der Waals surface area contributed by atoms with Crippen LogP contribution in [0.4, 0.5) is 17.2 Å². The minimum atomic E-state index is -0.750. The molecule has 3 amide bonds. The second kappa shape index (κ2) is 8.23. The molecular formula is C22H20ClN5O3. The van der Waals surface area contributed by atoms with Crippen LogP contribution in [0.25, 0.3) is 11.1 Å². The van der Waals surface area contributed by atoms with Gasteiger partial charge in [0.2, 0.25) is 11.8 Å². The first-order chi connectivity index (χ1) is 14.8. The molecule has 158 valence electrons. The Labute approximate surface area is 183 Å². The van der Waals surface area contributed by atoms with E-state index >= 15 is 0 Å². The number of benzene rings is 2. The molecule has 0 spiro atoms. The minimum Gasteiger partial charge on any atom is -0.326 e. The van der Waals surface area contributed by atoms with Gasteiger partial charge in [-0.05, 0) is 48.9 Å². The molecule has 0 saturated heterocycles. The first-order valence-electron chi connectivity index (χ1n) is 9.65. The number of nitrogens with zero attached hydrogens (tertiary/aromatic N) is 2. The van der Waals surface area contributed by atoms with Gasteiger partial charge < -0.3 is 16.0 Å². The van der Waals surface area contributed by atoms with Gasteiger partial charge in [0.15, 0.2) is 0 Å². The zero-order chi connectivity index (χ0) is 22.1. The molecule has 2 aromatic carbocycles. The lowest BCUT2D eigenvalue weighted by Crippen LogP contribution is -2.23. The minimum absolute atomic E-state index is 0.0671. The van der Waals surface area contributed by atoms with Crippen LogP contribution in [-0.2, 0) is 14.4 Å². The summed E-state index contributed by atoms with van der Waals surface area (Å²) in [4.78, 5) is 36.2. The maximum atomic E-state index is 12.6. The van der Waals surface area contributed by atoms with Crippen molar-refractivity contribution in [2.75, 3.05) is 16.0 Å². The number of halogens is 1. The Balaban J connectivity index is 1.51. The van der Waals surface area contributed by atoms with E-state index < -0.39 is 6.04 Å². The fourth-order valence-corrected chi connectivity index (χ4v) is 3.79. The van der Waals surface area contributed by atoms with E-state index in [0.717, 1.165) is 16.8 Å². The zero-order valence-corrected chi connectivity index (χ0v) is 17.7. The Kier molecular flexibility index (Phi) is 5.48. The van der Waals surface area contributed by atoms with Crippen molar-refractivity contribution in [1.82, 2.24) is 9.78 Å². The fourth-order valence-electron chi connectivity index (χ4n) is 3.60. The predicted octanol–water partition coefficient (Wildman–Crippen LogP) is 3.99. The first kappa shape index (κ1) is 20.6. The van der Waals surface area contributed by atoms with Gasteiger partial charge in [-0.25, -0.2) is 4.68 Å². The Morgan fingerprint density at radius 2 is 1.81 bits per heavy atom. The molecule has 0 radical (unpaired) electrons. The highest BCUT2D eigenvalue weighted by atomic mass is 35.5. The van der Waals surface area contributed by atoms with E-state index in [0.29, 0.717) is 22.2 Å². The van der Waals surface area contributed by atoms with E-state index in [1.165, 1.54) is 6.92 Å². The van der Waals surface area contributed by atoms with Crippen molar-refractivity contribution in [3.8, 4) is 11.1 Å². The third-order valence-electron chi connectivity index (χ3n) is 4.91. The number of hydrogen-bond donors (Lipinski definition) is 3. The van der Waals surface area contributed by atoms with Crippen LogP contribution in [-0.4, -0.2) is 27.5 Å². The molecule has 1 aromatic heterocycles. The summed E-state index contributed by atoms with van der Waals surface area (Å²) < 4.78 is 1.56. The van der Waals surface area contributed by atoms with Crippen molar-refractivity contribution in [2.24, 2.45) is 0 Å². The van der Waals surface area contributed by atoms with E-state index in [9.17, 15) is 14.4 Å². The molecule has 1 atom stereocenters. The van der Waals surface area contributed by atoms with Gasteiger partial charge in [0.05, 0.1) is 12.1 Å². The van der Waals surface area contributed by atoms with Crippen LogP contribution in [0.15, 0.2) is 48.5 Å². The van der Waals surface area contributed by atoms with Crippen molar-refractivity contribution >= 4 is 46.5 Å². The van der Waals surface area contributed by atoms with Gasteiger partial charge in [-0.2, -0.15) is 5.10 Å². The Hall–Kier alpha value is -3.65. The summed E-state index contributed by atoms with van der Waals surface area (Å²) in [5.74, 6) is -0.228. The van der Waals surface area contributed by atoms with Gasteiger partial charge in [0.25, 0.3) is 5.91 Å². The molecule has 1 aliphatic heterocycles. The number of carbonyl (C=O) groups is 3. The highest BCUT2D eigenvalue weighted by Crippen LogP contribution is 2.38. The second-order valence-corrected chi connectivity index (χ2v) is 7.72. The lowest BCUT2D eigenvalue weighted by molar-refractivity contribution is -0.123. The average molecular weight is 438 g/mol. The molecule has 4 rings (SSSR count). The SMILES string of the molecule is CC(=O)Nc1ccc(NC(=O)CC2C(=O)Nc3c(-c4cccc(Cl)c4)c(C)nn32)cc1. The zero-order valence-electron chi connectivity index (χ0n) is 16.9. The van der Waals surface area contributed by atoms with Crippen LogP contribution in [0.5, 0.6) is 0 Å². The van der Waals surface area contributed by atoms with Crippen LogP contribution in [0.2, 0.25) is 5.02 Å². The van der Waals surface area contributed by atoms with E-state index in [1.54, 1.807) is 35.0 Å². The number of amides is 3. The molecule has 0 fully saturated rings. The molecule has 1 aliphatic rings. The first-order valence-corrected chi connectivity index (χ1v) is 10.0. The molecule has 3 N–H and O–H groups in total. The lowest BCUT2D eigenvalue weighted by atomic mass is 10.1. The predicted molar refractivity (Wildman–Crippen MR) is 119 cm³/mol. The number of carbonyl (C=O) groups excluding carboxylic acids is 3. The van der Waals surface area contributed by atoms with E-state index in [1.807, 2.05) is 25.1 Å². The smallest absolute Gasteiger partial charge is 0.251 e. The Morgan fingerprint density at radius 1 is 1.13 bits per heavy atom. The van der Waals surface area contributed by atoms with Crippen molar-refractivity contribution < 1.29 is 14.4 Å². The Morgan fingerprint density at radius 3 is 2.45 bits per heavy atom. The average Bonchev–Trinajstić information content (AvgIpc) is 3.17. The van der Waals surface area contributed by atoms with E-state index in [4.69, 9.17) is 11.6 Å². The molecule has 0 saturated carbocycles. The monoisotopic (exact) mass is 437 g/mol. The topological polar surface area (TPSA) is 105 Å². The number of hydrogen-bond acceptors (Lipinski definition) is 4. The van der Waals surface area contributed by atoms with Crippen molar-refractivity contribution in [2.45, 2.75) is 26.3 Å².